The SMILES string of the molecule is CCc1ccc(NC(=S)Nc2ccc(Cl)cc2C(=O)c2ccccc2)cc1. The largest absolute Gasteiger partial charge is 0.332 e. The van der Waals surface area contributed by atoms with Crippen molar-refractivity contribution in [3.05, 3.63) is 94.5 Å². The van der Waals surface area contributed by atoms with Crippen LogP contribution in [0.5, 0.6) is 0 Å². The molecule has 0 aliphatic carbocycles. The van der Waals surface area contributed by atoms with Crippen LogP contribution in [0.1, 0.15) is 28.4 Å². The van der Waals surface area contributed by atoms with Gasteiger partial charge in [0.05, 0.1) is 5.69 Å². The van der Waals surface area contributed by atoms with E-state index < -0.39 is 0 Å². The third-order valence-electron chi connectivity index (χ3n) is 4.13. The number of aryl methyl sites for hydroxylation is 1. The molecule has 136 valence electrons. The molecule has 0 bridgehead atoms. The van der Waals surface area contributed by atoms with Gasteiger partial charge in [0, 0.05) is 21.8 Å². The van der Waals surface area contributed by atoms with Crippen molar-refractivity contribution >= 4 is 46.1 Å². The molecule has 0 atom stereocenters. The van der Waals surface area contributed by atoms with Crippen molar-refractivity contribution in [1.29, 1.82) is 0 Å². The Balaban J connectivity index is 1.80. The van der Waals surface area contributed by atoms with Crippen molar-refractivity contribution in [1.82, 2.24) is 0 Å². The Morgan fingerprint density at radius 1 is 0.963 bits per heavy atom. The van der Waals surface area contributed by atoms with E-state index in [-0.39, 0.29) is 5.78 Å². The van der Waals surface area contributed by atoms with Gasteiger partial charge in [0.2, 0.25) is 0 Å². The first-order valence-electron chi connectivity index (χ1n) is 8.63. The summed E-state index contributed by atoms with van der Waals surface area (Å²) < 4.78 is 0. The smallest absolute Gasteiger partial charge is 0.195 e. The second-order valence-corrected chi connectivity index (χ2v) is 6.86. The third-order valence-corrected chi connectivity index (χ3v) is 4.57. The zero-order valence-electron chi connectivity index (χ0n) is 14.8. The zero-order valence-corrected chi connectivity index (χ0v) is 16.4. The van der Waals surface area contributed by atoms with Crippen molar-refractivity contribution in [3.8, 4) is 0 Å². The predicted octanol–water partition coefficient (Wildman–Crippen LogP) is 5.94. The van der Waals surface area contributed by atoms with E-state index in [1.165, 1.54) is 5.56 Å². The molecule has 3 aromatic rings. The highest BCUT2D eigenvalue weighted by Crippen LogP contribution is 2.24. The van der Waals surface area contributed by atoms with Crippen molar-refractivity contribution in [2.75, 3.05) is 10.6 Å². The van der Waals surface area contributed by atoms with Gasteiger partial charge in [-0.25, -0.2) is 0 Å². The Labute approximate surface area is 169 Å². The second-order valence-electron chi connectivity index (χ2n) is 6.01. The van der Waals surface area contributed by atoms with Crippen LogP contribution in [0.4, 0.5) is 11.4 Å². The fourth-order valence-corrected chi connectivity index (χ4v) is 3.07. The van der Waals surface area contributed by atoms with E-state index in [0.29, 0.717) is 26.9 Å². The van der Waals surface area contributed by atoms with E-state index in [4.69, 9.17) is 23.8 Å². The Morgan fingerprint density at radius 3 is 2.33 bits per heavy atom. The van der Waals surface area contributed by atoms with Crippen LogP contribution >= 0.6 is 23.8 Å². The number of halogens is 1. The summed E-state index contributed by atoms with van der Waals surface area (Å²) in [5.41, 5.74) is 3.81. The van der Waals surface area contributed by atoms with Crippen molar-refractivity contribution in [3.63, 3.8) is 0 Å². The number of benzene rings is 3. The molecule has 0 aliphatic rings. The highest BCUT2D eigenvalue weighted by atomic mass is 35.5. The van der Waals surface area contributed by atoms with Gasteiger partial charge in [-0.2, -0.15) is 0 Å². The first-order valence-corrected chi connectivity index (χ1v) is 9.41. The molecule has 0 fully saturated rings. The van der Waals surface area contributed by atoms with Gasteiger partial charge in [-0.15, -0.1) is 0 Å². The Morgan fingerprint density at radius 2 is 1.67 bits per heavy atom. The highest BCUT2D eigenvalue weighted by molar-refractivity contribution is 7.80. The average Bonchev–Trinajstić information content (AvgIpc) is 2.70. The highest BCUT2D eigenvalue weighted by Gasteiger charge is 2.15. The zero-order chi connectivity index (χ0) is 19.2. The van der Waals surface area contributed by atoms with Crippen LogP contribution < -0.4 is 10.6 Å². The van der Waals surface area contributed by atoms with Crippen LogP contribution in [0.25, 0.3) is 0 Å². The Kier molecular flexibility index (Phi) is 6.22. The van der Waals surface area contributed by atoms with E-state index in [2.05, 4.69) is 29.7 Å². The number of rotatable bonds is 5. The van der Waals surface area contributed by atoms with Crippen molar-refractivity contribution in [2.24, 2.45) is 0 Å². The van der Waals surface area contributed by atoms with E-state index in [1.807, 2.05) is 30.3 Å². The average molecular weight is 395 g/mol. The molecule has 0 radical (unpaired) electrons. The standard InChI is InChI=1S/C22H19ClN2OS/c1-2-15-8-11-18(12-9-15)24-22(27)25-20-13-10-17(23)14-19(20)21(26)16-6-4-3-5-7-16/h3-14H,2H2,1H3,(H2,24,25,27). The van der Waals surface area contributed by atoms with Gasteiger partial charge in [-0.1, -0.05) is 61.0 Å². The summed E-state index contributed by atoms with van der Waals surface area (Å²) in [4.78, 5) is 12.9. The lowest BCUT2D eigenvalue weighted by atomic mass is 10.0. The molecule has 27 heavy (non-hydrogen) atoms. The molecular formula is C22H19ClN2OS. The fourth-order valence-electron chi connectivity index (χ4n) is 2.67. The molecule has 2 N–H and O–H groups in total. The molecular weight excluding hydrogens is 376 g/mol. The fraction of sp³-hybridized carbons (Fsp3) is 0.0909. The molecule has 3 nitrogen and oxygen atoms in total. The second kappa shape index (κ2) is 8.80. The number of carbonyl (C=O) groups excluding carboxylic acids is 1. The van der Waals surface area contributed by atoms with Crippen LogP contribution in [0, 0.1) is 0 Å². The minimum absolute atomic E-state index is 0.115. The summed E-state index contributed by atoms with van der Waals surface area (Å²) in [6.45, 7) is 2.11. The Hall–Kier alpha value is -2.69. The number of hydrogen-bond acceptors (Lipinski definition) is 2. The van der Waals surface area contributed by atoms with E-state index in [9.17, 15) is 4.79 Å². The molecule has 0 aromatic heterocycles. The van der Waals surface area contributed by atoms with Gasteiger partial charge < -0.3 is 10.6 Å². The van der Waals surface area contributed by atoms with Crippen molar-refractivity contribution < 1.29 is 4.79 Å². The summed E-state index contributed by atoms with van der Waals surface area (Å²) in [7, 11) is 0. The van der Waals surface area contributed by atoms with Crippen LogP contribution in [0.3, 0.4) is 0 Å². The molecule has 5 heteroatoms. The number of nitrogens with one attached hydrogen (secondary N) is 2. The van der Waals surface area contributed by atoms with Crippen LogP contribution in [-0.4, -0.2) is 10.9 Å². The molecule has 3 aromatic carbocycles. The maximum Gasteiger partial charge on any atom is 0.195 e. The number of carbonyl (C=O) groups is 1. The van der Waals surface area contributed by atoms with Gasteiger partial charge in [0.1, 0.15) is 0 Å². The van der Waals surface area contributed by atoms with E-state index in [0.717, 1.165) is 12.1 Å². The first-order chi connectivity index (χ1) is 13.1. The van der Waals surface area contributed by atoms with Crippen LogP contribution in [0.2, 0.25) is 5.02 Å². The number of thiocarbonyl (C=S) groups is 1. The van der Waals surface area contributed by atoms with E-state index >= 15 is 0 Å². The minimum atomic E-state index is -0.115. The molecule has 0 amide bonds. The maximum atomic E-state index is 12.9. The monoisotopic (exact) mass is 394 g/mol. The molecule has 0 spiro atoms. The molecule has 0 heterocycles. The quantitative estimate of drug-likeness (QED) is 0.415. The van der Waals surface area contributed by atoms with Gasteiger partial charge in [0.25, 0.3) is 0 Å². The van der Waals surface area contributed by atoms with Crippen LogP contribution in [0.15, 0.2) is 72.8 Å². The first kappa shape index (κ1) is 19.1. The van der Waals surface area contributed by atoms with Crippen LogP contribution in [-0.2, 0) is 6.42 Å². The van der Waals surface area contributed by atoms with E-state index in [1.54, 1.807) is 30.3 Å². The molecule has 0 saturated carbocycles. The summed E-state index contributed by atoms with van der Waals surface area (Å²) in [6, 6.07) is 22.3. The molecule has 0 saturated heterocycles. The van der Waals surface area contributed by atoms with Gasteiger partial charge >= 0.3 is 0 Å². The van der Waals surface area contributed by atoms with Gasteiger partial charge in [-0.05, 0) is 54.5 Å². The lowest BCUT2D eigenvalue weighted by Gasteiger charge is -2.14. The summed E-state index contributed by atoms with van der Waals surface area (Å²) in [6.07, 6.45) is 0.985. The van der Waals surface area contributed by atoms with Gasteiger partial charge in [-0.3, -0.25) is 4.79 Å². The number of anilines is 2. The number of hydrogen-bond donors (Lipinski definition) is 2. The lowest BCUT2D eigenvalue weighted by molar-refractivity contribution is 0.103. The minimum Gasteiger partial charge on any atom is -0.332 e. The molecule has 0 unspecified atom stereocenters. The number of ketones is 1. The molecule has 0 aliphatic heterocycles. The normalized spacial score (nSPS) is 10.3. The summed E-state index contributed by atoms with van der Waals surface area (Å²) >= 11 is 11.5. The molecule has 3 rings (SSSR count). The lowest BCUT2D eigenvalue weighted by Crippen LogP contribution is -2.20. The van der Waals surface area contributed by atoms with Gasteiger partial charge in [0.15, 0.2) is 10.9 Å². The maximum absolute atomic E-state index is 12.9. The summed E-state index contributed by atoms with van der Waals surface area (Å²) in [5, 5.41) is 7.15. The third kappa shape index (κ3) is 4.94. The topological polar surface area (TPSA) is 41.1 Å². The predicted molar refractivity (Wildman–Crippen MR) is 117 cm³/mol. The Bertz CT molecular complexity index is 956. The van der Waals surface area contributed by atoms with Crippen molar-refractivity contribution in [2.45, 2.75) is 13.3 Å². The summed E-state index contributed by atoms with van der Waals surface area (Å²) in [5.74, 6) is -0.115.